The van der Waals surface area contributed by atoms with Crippen molar-refractivity contribution in [1.82, 2.24) is 9.13 Å². The molecule has 0 amide bonds. The van der Waals surface area contributed by atoms with E-state index < -0.39 is 0 Å². The predicted molar refractivity (Wildman–Crippen MR) is 142 cm³/mol. The second-order valence-corrected chi connectivity index (χ2v) is 8.70. The summed E-state index contributed by atoms with van der Waals surface area (Å²) >= 11 is 0. The monoisotopic (exact) mass is 453 g/mol. The summed E-state index contributed by atoms with van der Waals surface area (Å²) in [5.41, 5.74) is 6.43. The zero-order chi connectivity index (χ0) is 23.5. The summed E-state index contributed by atoms with van der Waals surface area (Å²) in [6, 6.07) is 38.6. The third-order valence-corrected chi connectivity index (χ3v) is 6.79. The fraction of sp³-hybridized carbons (Fsp3) is 0. The molecule has 0 spiro atoms. The Morgan fingerprint density at radius 1 is 0.486 bits per heavy atom. The Bertz CT molecular complexity index is 1890. The molecule has 5 aromatic carbocycles. The highest BCUT2D eigenvalue weighted by Gasteiger charge is 2.17. The maximum Gasteiger partial charge on any atom is 0.270 e. The van der Waals surface area contributed by atoms with Crippen molar-refractivity contribution >= 4 is 49.3 Å². The molecule has 5 heteroatoms. The number of nitro groups is 1. The number of hydrogen-bond donors (Lipinski definition) is 0. The molecule has 2 aromatic heterocycles. The maximum atomic E-state index is 11.4. The van der Waals surface area contributed by atoms with Crippen molar-refractivity contribution in [2.24, 2.45) is 0 Å². The van der Waals surface area contributed by atoms with E-state index in [0.29, 0.717) is 0 Å². The lowest BCUT2D eigenvalue weighted by molar-refractivity contribution is -0.384. The Hall–Kier alpha value is -4.90. The first-order valence-corrected chi connectivity index (χ1v) is 11.5. The van der Waals surface area contributed by atoms with E-state index in [0.717, 1.165) is 44.2 Å². The Morgan fingerprint density at radius 2 is 0.943 bits per heavy atom. The van der Waals surface area contributed by atoms with Crippen LogP contribution < -0.4 is 0 Å². The van der Waals surface area contributed by atoms with Crippen LogP contribution in [0, 0.1) is 10.1 Å². The van der Waals surface area contributed by atoms with Gasteiger partial charge in [-0.05, 0) is 42.5 Å². The van der Waals surface area contributed by atoms with Crippen molar-refractivity contribution in [1.29, 1.82) is 0 Å². The molecular formula is C30H19N3O2. The lowest BCUT2D eigenvalue weighted by Crippen LogP contribution is -1.98. The molecular weight excluding hydrogens is 434 g/mol. The summed E-state index contributed by atoms with van der Waals surface area (Å²) in [4.78, 5) is 11.1. The van der Waals surface area contributed by atoms with Gasteiger partial charge in [0.05, 0.1) is 27.0 Å². The Kier molecular flexibility index (Phi) is 4.08. The third-order valence-electron chi connectivity index (χ3n) is 6.79. The predicted octanol–water partition coefficient (Wildman–Crippen LogP) is 7.79. The molecule has 166 valence electrons. The molecule has 7 rings (SSSR count). The average Bonchev–Trinajstić information content (AvgIpc) is 3.41. The van der Waals surface area contributed by atoms with Crippen molar-refractivity contribution in [3.63, 3.8) is 0 Å². The number of hydrogen-bond acceptors (Lipinski definition) is 2. The van der Waals surface area contributed by atoms with Gasteiger partial charge in [-0.2, -0.15) is 0 Å². The molecule has 0 aliphatic heterocycles. The summed E-state index contributed by atoms with van der Waals surface area (Å²) in [7, 11) is 0. The van der Waals surface area contributed by atoms with Gasteiger partial charge in [0.15, 0.2) is 0 Å². The summed E-state index contributed by atoms with van der Waals surface area (Å²) in [6.45, 7) is 0. The molecule has 5 nitrogen and oxygen atoms in total. The lowest BCUT2D eigenvalue weighted by atomic mass is 10.1. The van der Waals surface area contributed by atoms with Crippen molar-refractivity contribution in [2.45, 2.75) is 0 Å². The van der Waals surface area contributed by atoms with Crippen molar-refractivity contribution in [3.8, 4) is 11.4 Å². The van der Waals surface area contributed by atoms with E-state index in [2.05, 4.69) is 88.0 Å². The second-order valence-electron chi connectivity index (χ2n) is 8.70. The average molecular weight is 454 g/mol. The fourth-order valence-corrected chi connectivity index (χ4v) is 5.32. The number of nitrogens with zero attached hydrogens (tertiary/aromatic N) is 3. The summed E-state index contributed by atoms with van der Waals surface area (Å²) < 4.78 is 4.48. The molecule has 2 heterocycles. The highest BCUT2D eigenvalue weighted by molar-refractivity contribution is 6.11. The summed E-state index contributed by atoms with van der Waals surface area (Å²) in [5.74, 6) is 0. The number of nitro benzene ring substituents is 1. The molecule has 35 heavy (non-hydrogen) atoms. The van der Waals surface area contributed by atoms with E-state index in [9.17, 15) is 10.1 Å². The van der Waals surface area contributed by atoms with E-state index in [1.54, 1.807) is 12.1 Å². The smallest absolute Gasteiger partial charge is 0.270 e. The first-order valence-electron chi connectivity index (χ1n) is 11.5. The van der Waals surface area contributed by atoms with Gasteiger partial charge in [0, 0.05) is 45.1 Å². The zero-order valence-corrected chi connectivity index (χ0v) is 18.6. The molecule has 0 aliphatic rings. The summed E-state index contributed by atoms with van der Waals surface area (Å²) in [5, 5.41) is 15.8. The second kappa shape index (κ2) is 7.30. The van der Waals surface area contributed by atoms with Crippen LogP contribution >= 0.6 is 0 Å². The molecule has 0 bridgehead atoms. The highest BCUT2D eigenvalue weighted by atomic mass is 16.6. The fourth-order valence-electron chi connectivity index (χ4n) is 5.32. The van der Waals surface area contributed by atoms with Gasteiger partial charge < -0.3 is 9.13 Å². The number of aromatic nitrogens is 2. The molecule has 0 unspecified atom stereocenters. The first kappa shape index (κ1) is 19.6. The zero-order valence-electron chi connectivity index (χ0n) is 18.6. The maximum absolute atomic E-state index is 11.4. The van der Waals surface area contributed by atoms with E-state index in [4.69, 9.17) is 0 Å². The molecule has 0 N–H and O–H groups in total. The van der Waals surface area contributed by atoms with E-state index in [1.807, 2.05) is 24.3 Å². The summed E-state index contributed by atoms with van der Waals surface area (Å²) in [6.07, 6.45) is 0. The van der Waals surface area contributed by atoms with Gasteiger partial charge in [-0.15, -0.1) is 0 Å². The van der Waals surface area contributed by atoms with Gasteiger partial charge in [-0.25, -0.2) is 0 Å². The van der Waals surface area contributed by atoms with Gasteiger partial charge in [-0.1, -0.05) is 60.7 Å². The number of fused-ring (bicyclic) bond motifs is 6. The largest absolute Gasteiger partial charge is 0.309 e. The molecule has 0 saturated heterocycles. The standard InChI is InChI=1S/C30H19N3O2/c34-33(35)22-16-17-30-26(19-22)25-12-3-6-15-29(25)32(30)21-9-7-8-20(18-21)31-27-13-4-1-10-23(27)24-11-2-5-14-28(24)31/h1-19H. The molecule has 0 radical (unpaired) electrons. The van der Waals surface area contributed by atoms with Crippen molar-refractivity contribution < 1.29 is 4.92 Å². The minimum Gasteiger partial charge on any atom is -0.309 e. The topological polar surface area (TPSA) is 53.0 Å². The molecule has 0 aliphatic carbocycles. The Balaban J connectivity index is 1.53. The first-order chi connectivity index (χ1) is 17.2. The van der Waals surface area contributed by atoms with E-state index >= 15 is 0 Å². The van der Waals surface area contributed by atoms with Crippen LogP contribution in [-0.2, 0) is 0 Å². The molecule has 0 fully saturated rings. The van der Waals surface area contributed by atoms with Gasteiger partial charge in [-0.3, -0.25) is 10.1 Å². The van der Waals surface area contributed by atoms with Crippen LogP contribution in [0.25, 0.3) is 55.0 Å². The minimum atomic E-state index is -0.339. The van der Waals surface area contributed by atoms with Crippen LogP contribution in [0.2, 0.25) is 0 Å². The molecule has 7 aromatic rings. The highest BCUT2D eigenvalue weighted by Crippen LogP contribution is 2.36. The Morgan fingerprint density at radius 3 is 1.46 bits per heavy atom. The van der Waals surface area contributed by atoms with Crippen LogP contribution in [-0.4, -0.2) is 14.1 Å². The number of non-ortho nitro benzene ring substituents is 1. The van der Waals surface area contributed by atoms with E-state index in [1.165, 1.54) is 10.8 Å². The van der Waals surface area contributed by atoms with Crippen LogP contribution in [0.4, 0.5) is 5.69 Å². The lowest BCUT2D eigenvalue weighted by Gasteiger charge is -2.12. The number of rotatable bonds is 3. The van der Waals surface area contributed by atoms with Crippen LogP contribution in [0.15, 0.2) is 115 Å². The number of para-hydroxylation sites is 3. The van der Waals surface area contributed by atoms with Gasteiger partial charge in [0.1, 0.15) is 0 Å². The minimum absolute atomic E-state index is 0.0967. The van der Waals surface area contributed by atoms with Gasteiger partial charge >= 0.3 is 0 Å². The normalized spacial score (nSPS) is 11.7. The SMILES string of the molecule is O=[N+]([O-])c1ccc2c(c1)c1ccccc1n2-c1cccc(-n2c3ccccc3c3ccccc32)c1. The van der Waals surface area contributed by atoms with Crippen molar-refractivity contribution in [2.75, 3.05) is 0 Å². The van der Waals surface area contributed by atoms with Gasteiger partial charge in [0.2, 0.25) is 0 Å². The van der Waals surface area contributed by atoms with Crippen molar-refractivity contribution in [3.05, 3.63) is 125 Å². The number of benzene rings is 5. The van der Waals surface area contributed by atoms with Crippen LogP contribution in [0.5, 0.6) is 0 Å². The van der Waals surface area contributed by atoms with Gasteiger partial charge in [0.25, 0.3) is 5.69 Å². The third kappa shape index (κ3) is 2.82. The van der Waals surface area contributed by atoms with Crippen LogP contribution in [0.1, 0.15) is 0 Å². The molecule has 0 saturated carbocycles. The van der Waals surface area contributed by atoms with Crippen LogP contribution in [0.3, 0.4) is 0 Å². The quantitative estimate of drug-likeness (QED) is 0.202. The van der Waals surface area contributed by atoms with E-state index in [-0.39, 0.29) is 10.6 Å². The molecule has 0 atom stereocenters. The Labute approximate surface area is 200 Å².